The lowest BCUT2D eigenvalue weighted by molar-refractivity contribution is -0.147. The molecule has 0 spiro atoms. The summed E-state index contributed by atoms with van der Waals surface area (Å²) < 4.78 is 12.4. The summed E-state index contributed by atoms with van der Waals surface area (Å²) >= 11 is 0. The number of methoxy groups -OCH3 is 2. The van der Waals surface area contributed by atoms with Crippen molar-refractivity contribution in [2.24, 2.45) is 0 Å². The van der Waals surface area contributed by atoms with Crippen LogP contribution in [0.1, 0.15) is 36.8 Å². The molecule has 1 aromatic heterocycles. The molecule has 1 fully saturated rings. The fourth-order valence-electron chi connectivity index (χ4n) is 5.32. The molecule has 5 rings (SSSR count). The summed E-state index contributed by atoms with van der Waals surface area (Å²) in [5.41, 5.74) is 3.08. The number of amides is 2. The van der Waals surface area contributed by atoms with E-state index in [4.69, 9.17) is 9.47 Å². The maximum absolute atomic E-state index is 14.1. The molecule has 9 nitrogen and oxygen atoms in total. The van der Waals surface area contributed by atoms with Gasteiger partial charge in [0.15, 0.2) is 0 Å². The Bertz CT molecular complexity index is 1470. The van der Waals surface area contributed by atoms with Gasteiger partial charge in [-0.15, -0.1) is 5.10 Å². The number of fused-ring (bicyclic) bond motifs is 1. The van der Waals surface area contributed by atoms with Gasteiger partial charge in [-0.25, -0.2) is 4.68 Å². The highest BCUT2D eigenvalue weighted by atomic mass is 16.5. The Kier molecular flexibility index (Phi) is 7.49. The van der Waals surface area contributed by atoms with E-state index in [2.05, 4.69) is 15.6 Å². The second-order valence-corrected chi connectivity index (χ2v) is 9.96. The molecule has 1 aliphatic rings. The third kappa shape index (κ3) is 5.30. The molecule has 3 aromatic carbocycles. The second-order valence-electron chi connectivity index (χ2n) is 9.96. The molecule has 4 aromatic rings. The molecule has 0 radical (unpaired) electrons. The zero-order valence-corrected chi connectivity index (χ0v) is 22.5. The first kappa shape index (κ1) is 26.2. The summed E-state index contributed by atoms with van der Waals surface area (Å²) in [5, 5.41) is 11.5. The molecule has 0 unspecified atom stereocenters. The van der Waals surface area contributed by atoms with E-state index in [1.165, 1.54) is 0 Å². The van der Waals surface area contributed by atoms with Crippen LogP contribution in [0.3, 0.4) is 0 Å². The lowest BCUT2D eigenvalue weighted by atomic mass is 9.92. The third-order valence-corrected chi connectivity index (χ3v) is 7.49. The number of nitrogens with zero attached hydrogens (tertiary/aromatic N) is 4. The number of carbonyl (C=O) groups is 2. The van der Waals surface area contributed by atoms with E-state index in [1.807, 2.05) is 55.5 Å². The molecule has 1 aliphatic carbocycles. The van der Waals surface area contributed by atoms with Crippen LogP contribution in [0.15, 0.2) is 66.7 Å². The minimum Gasteiger partial charge on any atom is -0.497 e. The van der Waals surface area contributed by atoms with Crippen LogP contribution in [-0.4, -0.2) is 51.5 Å². The summed E-state index contributed by atoms with van der Waals surface area (Å²) in [6.45, 7) is 2.31. The maximum Gasteiger partial charge on any atom is 0.250 e. The van der Waals surface area contributed by atoms with Crippen molar-refractivity contribution in [3.63, 3.8) is 0 Å². The Hall–Kier alpha value is -4.40. The molecular weight excluding hydrogens is 494 g/mol. The average molecular weight is 528 g/mol. The van der Waals surface area contributed by atoms with E-state index in [9.17, 15) is 9.59 Å². The number of nitrogens with one attached hydrogen (secondary N) is 1. The Morgan fingerprint density at radius 2 is 1.74 bits per heavy atom. The highest BCUT2D eigenvalue weighted by molar-refractivity contribution is 6.01. The van der Waals surface area contributed by atoms with Crippen molar-refractivity contribution >= 4 is 28.5 Å². The first-order chi connectivity index (χ1) is 18.9. The third-order valence-electron chi connectivity index (χ3n) is 7.49. The average Bonchev–Trinajstić information content (AvgIpc) is 3.61. The van der Waals surface area contributed by atoms with Gasteiger partial charge in [0.25, 0.3) is 0 Å². The van der Waals surface area contributed by atoms with Crippen LogP contribution in [0.5, 0.6) is 11.5 Å². The lowest BCUT2D eigenvalue weighted by Crippen LogP contribution is -2.57. The standard InChI is InChI=1S/C30H33N5O4/c1-21-10-12-22(13-11-21)19-34(28(36)20-35-26-9-5-4-8-24(26)32-33-35)30(16-6-7-17-30)29(37)31-25-15-14-23(38-2)18-27(25)39-3/h4-5,8-15,18H,6-7,16-17,19-20H2,1-3H3,(H,31,37). The maximum atomic E-state index is 14.1. The molecular formula is C30H33N5O4. The number of aryl methyl sites for hydroxylation is 1. The van der Waals surface area contributed by atoms with Crippen LogP contribution < -0.4 is 14.8 Å². The second kappa shape index (κ2) is 11.1. The van der Waals surface area contributed by atoms with E-state index in [-0.39, 0.29) is 18.4 Å². The molecule has 202 valence electrons. The molecule has 9 heteroatoms. The van der Waals surface area contributed by atoms with Crippen LogP contribution in [0.25, 0.3) is 11.0 Å². The summed E-state index contributed by atoms with van der Waals surface area (Å²) in [6.07, 6.45) is 2.81. The number of anilines is 1. The normalized spacial score (nSPS) is 14.2. The highest BCUT2D eigenvalue weighted by Crippen LogP contribution is 2.39. The van der Waals surface area contributed by atoms with Crippen molar-refractivity contribution in [3.8, 4) is 11.5 Å². The van der Waals surface area contributed by atoms with Crippen molar-refractivity contribution in [1.82, 2.24) is 19.9 Å². The van der Waals surface area contributed by atoms with Crippen LogP contribution in [0.4, 0.5) is 5.69 Å². The predicted molar refractivity (Wildman–Crippen MR) is 149 cm³/mol. The van der Waals surface area contributed by atoms with Crippen molar-refractivity contribution in [2.75, 3.05) is 19.5 Å². The number of carbonyl (C=O) groups excluding carboxylic acids is 2. The molecule has 0 aliphatic heterocycles. The molecule has 1 heterocycles. The summed E-state index contributed by atoms with van der Waals surface area (Å²) in [6, 6.07) is 20.8. The van der Waals surface area contributed by atoms with Crippen molar-refractivity contribution in [2.45, 2.75) is 51.2 Å². The smallest absolute Gasteiger partial charge is 0.250 e. The summed E-state index contributed by atoms with van der Waals surface area (Å²) in [7, 11) is 3.12. The number of aromatic nitrogens is 3. The van der Waals surface area contributed by atoms with Crippen LogP contribution in [0, 0.1) is 6.92 Å². The molecule has 0 atom stereocenters. The van der Waals surface area contributed by atoms with Gasteiger partial charge in [0, 0.05) is 12.6 Å². The van der Waals surface area contributed by atoms with Crippen molar-refractivity contribution in [3.05, 3.63) is 77.9 Å². The fourth-order valence-corrected chi connectivity index (χ4v) is 5.32. The van der Waals surface area contributed by atoms with Gasteiger partial charge in [-0.2, -0.15) is 0 Å². The van der Waals surface area contributed by atoms with Crippen molar-refractivity contribution < 1.29 is 19.1 Å². The largest absolute Gasteiger partial charge is 0.497 e. The number of hydrogen-bond donors (Lipinski definition) is 1. The van der Waals surface area contributed by atoms with E-state index >= 15 is 0 Å². The van der Waals surface area contributed by atoms with Gasteiger partial charge in [0.05, 0.1) is 25.4 Å². The Labute approximate surface area is 227 Å². The Morgan fingerprint density at radius 3 is 2.46 bits per heavy atom. The monoisotopic (exact) mass is 527 g/mol. The van der Waals surface area contributed by atoms with E-state index in [0.29, 0.717) is 36.6 Å². The first-order valence-corrected chi connectivity index (χ1v) is 13.1. The van der Waals surface area contributed by atoms with Gasteiger partial charge in [0.1, 0.15) is 29.1 Å². The number of ether oxygens (including phenoxy) is 2. The van der Waals surface area contributed by atoms with Gasteiger partial charge in [0.2, 0.25) is 11.8 Å². The van der Waals surface area contributed by atoms with Crippen molar-refractivity contribution in [1.29, 1.82) is 0 Å². The predicted octanol–water partition coefficient (Wildman–Crippen LogP) is 4.74. The quantitative estimate of drug-likeness (QED) is 0.338. The zero-order valence-electron chi connectivity index (χ0n) is 22.5. The van der Waals surface area contributed by atoms with Gasteiger partial charge in [-0.1, -0.05) is 60.0 Å². The summed E-state index contributed by atoms with van der Waals surface area (Å²) in [5.74, 6) is 0.690. The first-order valence-electron chi connectivity index (χ1n) is 13.1. The topological polar surface area (TPSA) is 98.6 Å². The van der Waals surface area contributed by atoms with E-state index < -0.39 is 5.54 Å². The number of hydrogen-bond acceptors (Lipinski definition) is 6. The van der Waals surface area contributed by atoms with Gasteiger partial charge in [-0.05, 0) is 49.6 Å². The molecule has 1 N–H and O–H groups in total. The van der Waals surface area contributed by atoms with E-state index in [0.717, 1.165) is 35.0 Å². The summed E-state index contributed by atoms with van der Waals surface area (Å²) in [4.78, 5) is 30.0. The van der Waals surface area contributed by atoms with E-state index in [1.54, 1.807) is 42.0 Å². The van der Waals surface area contributed by atoms with Crippen LogP contribution >= 0.6 is 0 Å². The number of para-hydroxylation sites is 1. The van der Waals surface area contributed by atoms with Gasteiger partial charge < -0.3 is 19.7 Å². The van der Waals surface area contributed by atoms with Crippen LogP contribution in [0.2, 0.25) is 0 Å². The molecule has 0 saturated heterocycles. The molecule has 1 saturated carbocycles. The van der Waals surface area contributed by atoms with Crippen LogP contribution in [-0.2, 0) is 22.7 Å². The molecule has 0 bridgehead atoms. The Morgan fingerprint density at radius 1 is 1.00 bits per heavy atom. The highest BCUT2D eigenvalue weighted by Gasteiger charge is 2.48. The lowest BCUT2D eigenvalue weighted by Gasteiger charge is -2.40. The molecule has 2 amide bonds. The number of rotatable bonds is 9. The SMILES string of the molecule is COc1ccc(NC(=O)C2(N(Cc3ccc(C)cc3)C(=O)Cn3nnc4ccccc43)CCCC2)c(OC)c1. The minimum atomic E-state index is -1.02. The minimum absolute atomic E-state index is 0.0206. The fraction of sp³-hybridized carbons (Fsp3) is 0.333. The Balaban J connectivity index is 1.50. The van der Waals surface area contributed by atoms with Gasteiger partial charge >= 0.3 is 0 Å². The number of benzene rings is 3. The van der Waals surface area contributed by atoms with Gasteiger partial charge in [-0.3, -0.25) is 9.59 Å². The zero-order chi connectivity index (χ0) is 27.4. The molecule has 39 heavy (non-hydrogen) atoms.